The summed E-state index contributed by atoms with van der Waals surface area (Å²) in [7, 11) is 3.73. The molecule has 0 fully saturated rings. The third kappa shape index (κ3) is 4.10. The van der Waals surface area contributed by atoms with Crippen LogP contribution in [0.5, 0.6) is 11.5 Å². The summed E-state index contributed by atoms with van der Waals surface area (Å²) >= 11 is 0. The van der Waals surface area contributed by atoms with Gasteiger partial charge in [0.1, 0.15) is 23.1 Å². The number of ether oxygens (including phenoxy) is 1. The lowest BCUT2D eigenvalue weighted by atomic mass is 10.1. The number of carboxylic acid groups (broad SMARTS) is 1. The lowest BCUT2D eigenvalue weighted by Gasteiger charge is -2.14. The Morgan fingerprint density at radius 2 is 1.75 bits per heavy atom. The van der Waals surface area contributed by atoms with Gasteiger partial charge >= 0.3 is 5.97 Å². The monoisotopic (exact) mass is 333 g/mol. The fourth-order valence-electron chi connectivity index (χ4n) is 2.00. The van der Waals surface area contributed by atoms with Crippen LogP contribution in [-0.2, 0) is 4.79 Å². The van der Waals surface area contributed by atoms with Crippen molar-refractivity contribution < 1.29 is 23.4 Å². The molecule has 0 saturated carbocycles. The number of carboxylic acids is 1. The van der Waals surface area contributed by atoms with Crippen LogP contribution in [0.2, 0.25) is 0 Å². The van der Waals surface area contributed by atoms with E-state index in [2.05, 4.69) is 0 Å². The fourth-order valence-corrected chi connectivity index (χ4v) is 2.00. The summed E-state index contributed by atoms with van der Waals surface area (Å²) < 4.78 is 33.7. The number of aliphatic carboxylic acids is 1. The van der Waals surface area contributed by atoms with E-state index in [-0.39, 0.29) is 11.3 Å². The first-order valence-corrected chi connectivity index (χ1v) is 7.14. The van der Waals surface area contributed by atoms with Gasteiger partial charge < -0.3 is 14.7 Å². The zero-order chi connectivity index (χ0) is 17.9. The average Bonchev–Trinajstić information content (AvgIpc) is 2.50. The Labute approximate surface area is 138 Å². The summed E-state index contributed by atoms with van der Waals surface area (Å²) in [5.41, 5.74) is 0.300. The number of halogens is 2. The molecule has 0 atom stereocenters. The SMILES string of the molecule is C/C(=C\c1c(F)cc(Oc2cccc(N(C)C)c2)cc1F)C(=O)O. The molecule has 4 nitrogen and oxygen atoms in total. The Hall–Kier alpha value is -2.89. The molecule has 24 heavy (non-hydrogen) atoms. The Balaban J connectivity index is 2.32. The number of benzene rings is 2. The predicted octanol–water partition coefficient (Wildman–Crippen LogP) is 4.31. The van der Waals surface area contributed by atoms with Gasteiger partial charge in [-0.25, -0.2) is 13.6 Å². The van der Waals surface area contributed by atoms with Crippen LogP contribution in [0.1, 0.15) is 12.5 Å². The van der Waals surface area contributed by atoms with E-state index in [0.717, 1.165) is 23.9 Å². The zero-order valence-corrected chi connectivity index (χ0v) is 13.5. The Bertz CT molecular complexity index is 778. The van der Waals surface area contributed by atoms with Gasteiger partial charge in [-0.15, -0.1) is 0 Å². The molecule has 0 heterocycles. The summed E-state index contributed by atoms with van der Waals surface area (Å²) in [5, 5.41) is 8.80. The molecule has 0 spiro atoms. The number of anilines is 1. The highest BCUT2D eigenvalue weighted by atomic mass is 19.1. The van der Waals surface area contributed by atoms with Crippen LogP contribution < -0.4 is 9.64 Å². The normalized spacial score (nSPS) is 11.3. The third-order valence-electron chi connectivity index (χ3n) is 3.32. The smallest absolute Gasteiger partial charge is 0.331 e. The molecule has 0 aliphatic heterocycles. The van der Waals surface area contributed by atoms with Crippen LogP contribution in [0, 0.1) is 11.6 Å². The van der Waals surface area contributed by atoms with Crippen LogP contribution in [-0.4, -0.2) is 25.2 Å². The summed E-state index contributed by atoms with van der Waals surface area (Å²) in [4.78, 5) is 12.7. The van der Waals surface area contributed by atoms with E-state index in [0.29, 0.717) is 5.75 Å². The molecule has 2 rings (SSSR count). The maximum atomic E-state index is 14.1. The van der Waals surface area contributed by atoms with E-state index in [9.17, 15) is 13.6 Å². The van der Waals surface area contributed by atoms with E-state index >= 15 is 0 Å². The van der Waals surface area contributed by atoms with Crippen LogP contribution >= 0.6 is 0 Å². The third-order valence-corrected chi connectivity index (χ3v) is 3.32. The minimum Gasteiger partial charge on any atom is -0.478 e. The highest BCUT2D eigenvalue weighted by molar-refractivity contribution is 5.91. The molecular weight excluding hydrogens is 316 g/mol. The first-order valence-electron chi connectivity index (χ1n) is 7.14. The Morgan fingerprint density at radius 3 is 2.29 bits per heavy atom. The number of nitrogens with zero attached hydrogens (tertiary/aromatic N) is 1. The first kappa shape index (κ1) is 17.5. The number of hydrogen-bond acceptors (Lipinski definition) is 3. The van der Waals surface area contributed by atoms with E-state index in [4.69, 9.17) is 9.84 Å². The summed E-state index contributed by atoms with van der Waals surface area (Å²) in [6.45, 7) is 1.26. The van der Waals surface area contributed by atoms with Crippen molar-refractivity contribution in [1.29, 1.82) is 0 Å². The van der Waals surface area contributed by atoms with Crippen molar-refractivity contribution in [2.45, 2.75) is 6.92 Å². The maximum absolute atomic E-state index is 14.1. The highest BCUT2D eigenvalue weighted by Crippen LogP contribution is 2.28. The van der Waals surface area contributed by atoms with Crippen molar-refractivity contribution in [3.05, 3.63) is 59.2 Å². The van der Waals surface area contributed by atoms with Gasteiger partial charge in [0.05, 0.1) is 0 Å². The second kappa shape index (κ2) is 7.12. The molecule has 6 heteroatoms. The Morgan fingerprint density at radius 1 is 1.12 bits per heavy atom. The van der Waals surface area contributed by atoms with Gasteiger partial charge in [-0.2, -0.15) is 0 Å². The molecule has 126 valence electrons. The number of carbonyl (C=O) groups is 1. The molecule has 0 unspecified atom stereocenters. The Kier molecular flexibility index (Phi) is 5.18. The average molecular weight is 333 g/mol. The van der Waals surface area contributed by atoms with Gasteiger partial charge in [0.25, 0.3) is 0 Å². The lowest BCUT2D eigenvalue weighted by Crippen LogP contribution is -2.08. The van der Waals surface area contributed by atoms with Crippen molar-refractivity contribution in [2.24, 2.45) is 0 Å². The van der Waals surface area contributed by atoms with Gasteiger partial charge in [0.2, 0.25) is 0 Å². The van der Waals surface area contributed by atoms with Crippen molar-refractivity contribution >= 4 is 17.7 Å². The summed E-state index contributed by atoms with van der Waals surface area (Å²) in [6.07, 6.45) is 0.948. The van der Waals surface area contributed by atoms with Crippen LogP contribution in [0.25, 0.3) is 6.08 Å². The molecule has 0 aliphatic carbocycles. The van der Waals surface area contributed by atoms with E-state index in [1.54, 1.807) is 18.2 Å². The number of rotatable bonds is 5. The van der Waals surface area contributed by atoms with Crippen molar-refractivity contribution in [2.75, 3.05) is 19.0 Å². The van der Waals surface area contributed by atoms with E-state index < -0.39 is 23.2 Å². The molecule has 2 aromatic rings. The molecule has 2 aromatic carbocycles. The molecule has 0 aromatic heterocycles. The molecular formula is C18H17F2NO3. The lowest BCUT2D eigenvalue weighted by molar-refractivity contribution is -0.132. The largest absolute Gasteiger partial charge is 0.478 e. The molecule has 1 N–H and O–H groups in total. The quantitative estimate of drug-likeness (QED) is 0.828. The molecule has 0 bridgehead atoms. The van der Waals surface area contributed by atoms with Crippen LogP contribution in [0.3, 0.4) is 0 Å². The molecule has 0 radical (unpaired) electrons. The van der Waals surface area contributed by atoms with E-state index in [1.807, 2.05) is 25.1 Å². The zero-order valence-electron chi connectivity index (χ0n) is 13.5. The van der Waals surface area contributed by atoms with Gasteiger partial charge in [0.15, 0.2) is 0 Å². The minimum atomic E-state index is -1.24. The second-order valence-corrected chi connectivity index (χ2v) is 5.43. The highest BCUT2D eigenvalue weighted by Gasteiger charge is 2.13. The second-order valence-electron chi connectivity index (χ2n) is 5.43. The molecule has 0 amide bonds. The minimum absolute atomic E-state index is 0.00830. The maximum Gasteiger partial charge on any atom is 0.331 e. The van der Waals surface area contributed by atoms with Gasteiger partial charge in [-0.1, -0.05) is 6.07 Å². The van der Waals surface area contributed by atoms with Crippen molar-refractivity contribution in [3.8, 4) is 11.5 Å². The van der Waals surface area contributed by atoms with Gasteiger partial charge in [-0.3, -0.25) is 0 Å². The summed E-state index contributed by atoms with van der Waals surface area (Å²) in [5.74, 6) is -2.60. The van der Waals surface area contributed by atoms with Crippen molar-refractivity contribution in [1.82, 2.24) is 0 Å². The molecule has 0 aliphatic rings. The van der Waals surface area contributed by atoms with E-state index in [1.165, 1.54) is 6.92 Å². The predicted molar refractivity (Wildman–Crippen MR) is 88.5 cm³/mol. The first-order chi connectivity index (χ1) is 11.3. The number of hydrogen-bond donors (Lipinski definition) is 1. The fraction of sp³-hybridized carbons (Fsp3) is 0.167. The molecule has 0 saturated heterocycles. The van der Waals surface area contributed by atoms with Crippen molar-refractivity contribution in [3.63, 3.8) is 0 Å². The summed E-state index contributed by atoms with van der Waals surface area (Å²) in [6, 6.07) is 9.09. The van der Waals surface area contributed by atoms with Gasteiger partial charge in [0, 0.05) is 49.1 Å². The van der Waals surface area contributed by atoms with Crippen LogP contribution in [0.4, 0.5) is 14.5 Å². The topological polar surface area (TPSA) is 49.8 Å². The van der Waals surface area contributed by atoms with Gasteiger partial charge in [-0.05, 0) is 25.1 Å². The standard InChI is InChI=1S/C18H17F2NO3/c1-11(18(22)23)7-15-16(19)9-14(10-17(15)20)24-13-6-4-5-12(8-13)21(2)3/h4-10H,1-3H3,(H,22,23)/b11-7+. The van der Waals surface area contributed by atoms with Crippen LogP contribution in [0.15, 0.2) is 42.0 Å².